The fourth-order valence-corrected chi connectivity index (χ4v) is 2.27. The van der Waals surface area contributed by atoms with Crippen LogP contribution in [-0.2, 0) is 4.79 Å². The Balaban J connectivity index is 1.91. The number of halogens is 2. The third-order valence-corrected chi connectivity index (χ3v) is 3.55. The molecule has 8 nitrogen and oxygen atoms in total. The summed E-state index contributed by atoms with van der Waals surface area (Å²) in [6, 6.07) is 10.2. The largest absolute Gasteiger partial charge is 0.343 e. The number of carbonyl (C=O) groups excluding carboxylic acids is 2. The van der Waals surface area contributed by atoms with Crippen molar-refractivity contribution in [3.8, 4) is 0 Å². The van der Waals surface area contributed by atoms with E-state index in [1.54, 1.807) is 18.2 Å². The lowest BCUT2D eigenvalue weighted by atomic mass is 10.2. The minimum Gasteiger partial charge on any atom is -0.343 e. The number of nitrogens with one attached hydrogen (secondary N) is 2. The predicted octanol–water partition coefficient (Wildman–Crippen LogP) is 2.78. The number of hydrazone groups is 1. The minimum absolute atomic E-state index is 0.130. The molecule has 2 aromatic rings. The first-order valence-electron chi connectivity index (χ1n) is 7.16. The second-order valence-electron chi connectivity index (χ2n) is 4.95. The molecule has 2 amide bonds. The maximum Gasteiger partial charge on any atom is 0.278 e. The molecule has 0 saturated carbocycles. The van der Waals surface area contributed by atoms with Crippen LogP contribution in [0.4, 0.5) is 5.69 Å². The molecule has 10 heteroatoms. The molecule has 2 rings (SSSR count). The highest BCUT2D eigenvalue weighted by Crippen LogP contribution is 2.20. The van der Waals surface area contributed by atoms with Crippen molar-refractivity contribution in [1.29, 1.82) is 0 Å². The Kier molecular flexibility index (Phi) is 6.65. The number of amides is 2. The van der Waals surface area contributed by atoms with Gasteiger partial charge in [0.1, 0.15) is 0 Å². The van der Waals surface area contributed by atoms with Gasteiger partial charge in [0.2, 0.25) is 0 Å². The molecule has 0 unspecified atom stereocenters. The van der Waals surface area contributed by atoms with Crippen molar-refractivity contribution >= 4 is 46.9 Å². The van der Waals surface area contributed by atoms with E-state index in [2.05, 4.69) is 15.8 Å². The number of hydrogen-bond donors (Lipinski definition) is 2. The van der Waals surface area contributed by atoms with Crippen molar-refractivity contribution in [2.24, 2.45) is 5.10 Å². The summed E-state index contributed by atoms with van der Waals surface area (Å²) in [5.41, 5.74) is 2.39. The molecule has 0 fully saturated rings. The monoisotopic (exact) mass is 394 g/mol. The zero-order valence-corrected chi connectivity index (χ0v) is 14.6. The van der Waals surface area contributed by atoms with E-state index in [4.69, 9.17) is 23.2 Å². The molecule has 0 aliphatic rings. The molecule has 0 atom stereocenters. The Morgan fingerprint density at radius 2 is 1.88 bits per heavy atom. The Hall–Kier alpha value is -2.97. The summed E-state index contributed by atoms with van der Waals surface area (Å²) >= 11 is 11.6. The summed E-state index contributed by atoms with van der Waals surface area (Å²) in [5, 5.41) is 17.6. The van der Waals surface area contributed by atoms with Gasteiger partial charge in [0, 0.05) is 21.7 Å². The average Bonchev–Trinajstić information content (AvgIpc) is 2.59. The molecular formula is C16H12Cl2N4O4. The summed E-state index contributed by atoms with van der Waals surface area (Å²) in [5.74, 6) is -1.08. The van der Waals surface area contributed by atoms with Gasteiger partial charge in [0.05, 0.1) is 23.2 Å². The first kappa shape index (κ1) is 19.4. The summed E-state index contributed by atoms with van der Waals surface area (Å²) in [6.45, 7) is -0.333. The Bertz CT molecular complexity index is 886. The maximum absolute atomic E-state index is 11.9. The molecule has 0 aliphatic carbocycles. The van der Waals surface area contributed by atoms with Crippen LogP contribution in [-0.4, -0.2) is 29.5 Å². The van der Waals surface area contributed by atoms with Gasteiger partial charge in [-0.1, -0.05) is 29.3 Å². The molecule has 26 heavy (non-hydrogen) atoms. The number of benzene rings is 2. The predicted molar refractivity (Wildman–Crippen MR) is 97.6 cm³/mol. The third-order valence-electron chi connectivity index (χ3n) is 3.08. The van der Waals surface area contributed by atoms with Crippen molar-refractivity contribution in [2.75, 3.05) is 6.54 Å². The van der Waals surface area contributed by atoms with Crippen LogP contribution in [0.2, 0.25) is 10.0 Å². The van der Waals surface area contributed by atoms with Crippen LogP contribution >= 0.6 is 23.2 Å². The molecule has 0 aliphatic heterocycles. The highest BCUT2D eigenvalue weighted by atomic mass is 35.5. The van der Waals surface area contributed by atoms with E-state index in [1.807, 2.05) is 0 Å². The SMILES string of the molecule is O=C(CNC(=O)c1cccc(Cl)c1)N/N=C/c1cc(Cl)ccc1[N+](=O)[O-]. The summed E-state index contributed by atoms with van der Waals surface area (Å²) in [7, 11) is 0. The molecule has 0 spiro atoms. The number of nitrogens with zero attached hydrogens (tertiary/aromatic N) is 2. The van der Waals surface area contributed by atoms with Crippen LogP contribution in [0.5, 0.6) is 0 Å². The van der Waals surface area contributed by atoms with E-state index in [9.17, 15) is 19.7 Å². The standard InChI is InChI=1S/C16H12Cl2N4O4/c17-12-3-1-2-10(6-12)16(24)19-9-15(23)21-20-8-11-7-13(18)4-5-14(11)22(25)26/h1-8H,9H2,(H,19,24)(H,21,23)/b20-8+. The summed E-state index contributed by atoms with van der Waals surface area (Å²) in [6.07, 6.45) is 1.10. The Morgan fingerprint density at radius 3 is 2.58 bits per heavy atom. The lowest BCUT2D eigenvalue weighted by Crippen LogP contribution is -2.34. The maximum atomic E-state index is 11.9. The molecule has 134 valence electrons. The fourth-order valence-electron chi connectivity index (χ4n) is 1.90. The van der Waals surface area contributed by atoms with Gasteiger partial charge in [-0.05, 0) is 30.3 Å². The van der Waals surface area contributed by atoms with Gasteiger partial charge in [-0.3, -0.25) is 19.7 Å². The Morgan fingerprint density at radius 1 is 1.15 bits per heavy atom. The third kappa shape index (κ3) is 5.54. The van der Waals surface area contributed by atoms with E-state index in [1.165, 1.54) is 24.3 Å². The van der Waals surface area contributed by atoms with Gasteiger partial charge < -0.3 is 5.32 Å². The van der Waals surface area contributed by atoms with Crippen molar-refractivity contribution in [3.63, 3.8) is 0 Å². The smallest absolute Gasteiger partial charge is 0.278 e. The molecule has 0 radical (unpaired) electrons. The van der Waals surface area contributed by atoms with Gasteiger partial charge in [-0.25, -0.2) is 5.43 Å². The van der Waals surface area contributed by atoms with Crippen LogP contribution in [0.15, 0.2) is 47.6 Å². The average molecular weight is 395 g/mol. The molecule has 0 heterocycles. The van der Waals surface area contributed by atoms with E-state index in [0.29, 0.717) is 10.6 Å². The van der Waals surface area contributed by atoms with E-state index in [0.717, 1.165) is 6.21 Å². The number of rotatable bonds is 6. The van der Waals surface area contributed by atoms with Crippen LogP contribution in [0.1, 0.15) is 15.9 Å². The molecule has 2 N–H and O–H groups in total. The second kappa shape index (κ2) is 8.93. The van der Waals surface area contributed by atoms with Gasteiger partial charge >= 0.3 is 0 Å². The van der Waals surface area contributed by atoms with Gasteiger partial charge in [-0.15, -0.1) is 0 Å². The summed E-state index contributed by atoms with van der Waals surface area (Å²) in [4.78, 5) is 33.9. The highest BCUT2D eigenvalue weighted by Gasteiger charge is 2.12. The second-order valence-corrected chi connectivity index (χ2v) is 5.82. The van der Waals surface area contributed by atoms with Crippen molar-refractivity contribution < 1.29 is 14.5 Å². The fraction of sp³-hybridized carbons (Fsp3) is 0.0625. The lowest BCUT2D eigenvalue weighted by molar-refractivity contribution is -0.385. The highest BCUT2D eigenvalue weighted by molar-refractivity contribution is 6.31. The van der Waals surface area contributed by atoms with Crippen LogP contribution in [0.25, 0.3) is 0 Å². The van der Waals surface area contributed by atoms with Crippen LogP contribution in [0, 0.1) is 10.1 Å². The number of nitro benzene ring substituents is 1. The van der Waals surface area contributed by atoms with Crippen molar-refractivity contribution in [3.05, 3.63) is 73.8 Å². The quantitative estimate of drug-likeness (QED) is 0.445. The van der Waals surface area contributed by atoms with Crippen LogP contribution < -0.4 is 10.7 Å². The first-order chi connectivity index (χ1) is 12.4. The Labute approximate surface area is 157 Å². The topological polar surface area (TPSA) is 114 Å². The summed E-state index contributed by atoms with van der Waals surface area (Å²) < 4.78 is 0. The van der Waals surface area contributed by atoms with Crippen molar-refractivity contribution in [2.45, 2.75) is 0 Å². The first-order valence-corrected chi connectivity index (χ1v) is 7.92. The van der Waals surface area contributed by atoms with Crippen LogP contribution in [0.3, 0.4) is 0 Å². The number of hydrogen-bond acceptors (Lipinski definition) is 5. The van der Waals surface area contributed by atoms with Gasteiger partial charge in [-0.2, -0.15) is 5.10 Å². The zero-order valence-electron chi connectivity index (χ0n) is 13.1. The molecule has 0 aromatic heterocycles. The van der Waals surface area contributed by atoms with E-state index >= 15 is 0 Å². The zero-order chi connectivity index (χ0) is 19.1. The lowest BCUT2D eigenvalue weighted by Gasteiger charge is -2.04. The molecule has 2 aromatic carbocycles. The van der Waals surface area contributed by atoms with E-state index < -0.39 is 16.7 Å². The molecule has 0 saturated heterocycles. The number of carbonyl (C=O) groups is 2. The molecular weight excluding hydrogens is 383 g/mol. The molecule has 0 bridgehead atoms. The van der Waals surface area contributed by atoms with Gasteiger partial charge in [0.15, 0.2) is 0 Å². The normalized spacial score (nSPS) is 10.5. The van der Waals surface area contributed by atoms with Gasteiger partial charge in [0.25, 0.3) is 17.5 Å². The van der Waals surface area contributed by atoms with Crippen molar-refractivity contribution in [1.82, 2.24) is 10.7 Å². The number of nitro groups is 1. The minimum atomic E-state index is -0.610. The van der Waals surface area contributed by atoms with E-state index in [-0.39, 0.29) is 22.8 Å².